The molecule has 0 saturated heterocycles. The lowest BCUT2D eigenvalue weighted by Crippen LogP contribution is -2.23. The molecule has 1 aromatic heterocycles. The van der Waals surface area contributed by atoms with Gasteiger partial charge in [0.1, 0.15) is 18.3 Å². The summed E-state index contributed by atoms with van der Waals surface area (Å²) in [6.45, 7) is 1.91. The molecule has 1 unspecified atom stereocenters. The van der Waals surface area contributed by atoms with E-state index in [9.17, 15) is 18.5 Å². The molecule has 11 heteroatoms. The van der Waals surface area contributed by atoms with E-state index >= 15 is 0 Å². The van der Waals surface area contributed by atoms with E-state index in [0.717, 1.165) is 17.3 Å². The van der Waals surface area contributed by atoms with Crippen molar-refractivity contribution in [1.82, 2.24) is 19.5 Å². The van der Waals surface area contributed by atoms with Crippen molar-refractivity contribution in [3.05, 3.63) is 70.8 Å². The molecule has 0 fully saturated rings. The summed E-state index contributed by atoms with van der Waals surface area (Å²) in [4.78, 5) is 16.5. The minimum Gasteiger partial charge on any atom is -0.362 e. The summed E-state index contributed by atoms with van der Waals surface area (Å²) in [5, 5.41) is 15.7. The predicted molar refractivity (Wildman–Crippen MR) is 108 cm³/mol. The lowest BCUT2D eigenvalue weighted by Gasteiger charge is -2.27. The first-order valence-corrected chi connectivity index (χ1v) is 10.1. The molecule has 0 saturated carbocycles. The Morgan fingerprint density at radius 2 is 1.90 bits per heavy atom. The zero-order chi connectivity index (χ0) is 21.2. The topological polar surface area (TPSA) is 123 Å². The highest BCUT2D eigenvalue weighted by Crippen LogP contribution is 2.34. The number of hydrogen-bond acceptors (Lipinski definition) is 7. The molecule has 3 rings (SSSR count). The number of sulfonamides is 1. The van der Waals surface area contributed by atoms with Gasteiger partial charge in [0.25, 0.3) is 5.69 Å². The fraction of sp³-hybridized carbons (Fsp3) is 0.222. The largest absolute Gasteiger partial charge is 0.362 e. The average molecular weight is 416 g/mol. The summed E-state index contributed by atoms with van der Waals surface area (Å²) in [5.41, 5.74) is 1.80. The monoisotopic (exact) mass is 416 g/mol. The van der Waals surface area contributed by atoms with Crippen molar-refractivity contribution in [2.45, 2.75) is 17.9 Å². The van der Waals surface area contributed by atoms with Crippen LogP contribution in [0.25, 0.3) is 5.69 Å². The first-order valence-electron chi connectivity index (χ1n) is 8.64. The van der Waals surface area contributed by atoms with E-state index in [1.807, 2.05) is 31.2 Å². The molecule has 1 N–H and O–H groups in total. The fourth-order valence-corrected chi connectivity index (χ4v) is 3.66. The number of nitrogens with one attached hydrogen (secondary N) is 1. The van der Waals surface area contributed by atoms with Crippen LogP contribution >= 0.6 is 0 Å². The number of rotatable bonds is 7. The molecule has 0 spiro atoms. The Morgan fingerprint density at radius 1 is 1.21 bits per heavy atom. The van der Waals surface area contributed by atoms with Gasteiger partial charge in [-0.25, -0.2) is 22.8 Å². The third kappa shape index (κ3) is 4.10. The molecule has 3 aromatic rings. The molecule has 0 bridgehead atoms. The average Bonchev–Trinajstić information content (AvgIpc) is 3.27. The molecule has 1 atom stereocenters. The normalized spacial score (nSPS) is 12.5. The van der Waals surface area contributed by atoms with E-state index in [1.165, 1.54) is 25.5 Å². The Hall–Kier alpha value is -3.31. The number of benzene rings is 2. The maximum atomic E-state index is 12.0. The molecule has 2 aromatic carbocycles. The minimum absolute atomic E-state index is 0.159. The van der Waals surface area contributed by atoms with Gasteiger partial charge in [0, 0.05) is 13.1 Å². The maximum Gasteiger partial charge on any atom is 0.293 e. The van der Waals surface area contributed by atoms with Gasteiger partial charge in [0.05, 0.1) is 21.5 Å². The van der Waals surface area contributed by atoms with Crippen molar-refractivity contribution >= 4 is 21.4 Å². The number of aromatic nitrogens is 3. The molecule has 0 amide bonds. The smallest absolute Gasteiger partial charge is 0.293 e. The van der Waals surface area contributed by atoms with Gasteiger partial charge < -0.3 is 4.90 Å². The maximum absolute atomic E-state index is 12.0. The van der Waals surface area contributed by atoms with Crippen molar-refractivity contribution in [3.8, 4) is 5.69 Å². The van der Waals surface area contributed by atoms with Crippen molar-refractivity contribution in [2.24, 2.45) is 0 Å². The number of nitro benzene ring substituents is 1. The first-order chi connectivity index (χ1) is 13.7. The van der Waals surface area contributed by atoms with Crippen LogP contribution in [-0.2, 0) is 10.0 Å². The van der Waals surface area contributed by atoms with Crippen LogP contribution in [0.5, 0.6) is 0 Å². The molecule has 0 aliphatic rings. The van der Waals surface area contributed by atoms with E-state index in [2.05, 4.69) is 14.8 Å². The van der Waals surface area contributed by atoms with Gasteiger partial charge in [0.15, 0.2) is 0 Å². The summed E-state index contributed by atoms with van der Waals surface area (Å²) in [6, 6.07) is 11.2. The second-order valence-corrected chi connectivity index (χ2v) is 8.22. The zero-order valence-electron chi connectivity index (χ0n) is 16.1. The van der Waals surface area contributed by atoms with E-state index in [0.29, 0.717) is 5.69 Å². The van der Waals surface area contributed by atoms with Crippen LogP contribution in [0.4, 0.5) is 11.4 Å². The SMILES string of the molecule is CNS(=O)(=O)c1ccc(N(C)C(C)c2ccc(-n3cncn3)cc2)c([N+](=O)[O-])c1. The van der Waals surface area contributed by atoms with Gasteiger partial charge in [-0.2, -0.15) is 5.10 Å². The van der Waals surface area contributed by atoms with Gasteiger partial charge in [-0.05, 0) is 43.8 Å². The summed E-state index contributed by atoms with van der Waals surface area (Å²) < 4.78 is 27.8. The molecular formula is C18H20N6O4S. The van der Waals surface area contributed by atoms with Crippen LogP contribution in [0.3, 0.4) is 0 Å². The number of nitrogens with zero attached hydrogens (tertiary/aromatic N) is 5. The van der Waals surface area contributed by atoms with Crippen LogP contribution in [0.15, 0.2) is 60.0 Å². The highest BCUT2D eigenvalue weighted by molar-refractivity contribution is 7.89. The van der Waals surface area contributed by atoms with Crippen molar-refractivity contribution < 1.29 is 13.3 Å². The van der Waals surface area contributed by atoms with Crippen LogP contribution in [0.2, 0.25) is 0 Å². The number of hydrogen-bond donors (Lipinski definition) is 1. The Kier molecular flexibility index (Phi) is 5.62. The Morgan fingerprint density at radius 3 is 2.45 bits per heavy atom. The highest BCUT2D eigenvalue weighted by atomic mass is 32.2. The minimum atomic E-state index is -3.78. The van der Waals surface area contributed by atoms with E-state index < -0.39 is 14.9 Å². The molecule has 0 radical (unpaired) electrons. The lowest BCUT2D eigenvalue weighted by atomic mass is 10.1. The molecule has 1 heterocycles. The number of nitro groups is 1. The predicted octanol–water partition coefficient (Wildman–Crippen LogP) is 2.28. The van der Waals surface area contributed by atoms with Gasteiger partial charge in [-0.15, -0.1) is 0 Å². The van der Waals surface area contributed by atoms with Crippen LogP contribution < -0.4 is 9.62 Å². The van der Waals surface area contributed by atoms with Crippen molar-refractivity contribution in [3.63, 3.8) is 0 Å². The van der Waals surface area contributed by atoms with Gasteiger partial charge in [-0.3, -0.25) is 10.1 Å². The highest BCUT2D eigenvalue weighted by Gasteiger charge is 2.25. The summed E-state index contributed by atoms with van der Waals surface area (Å²) in [6.07, 6.45) is 3.04. The molecule has 152 valence electrons. The van der Waals surface area contributed by atoms with Gasteiger partial charge in [0.2, 0.25) is 10.0 Å². The molecule has 0 aliphatic carbocycles. The fourth-order valence-electron chi connectivity index (χ4n) is 2.91. The van der Waals surface area contributed by atoms with E-state index in [-0.39, 0.29) is 16.6 Å². The Bertz CT molecular complexity index is 1110. The van der Waals surface area contributed by atoms with E-state index in [4.69, 9.17) is 0 Å². The molecule has 29 heavy (non-hydrogen) atoms. The number of anilines is 1. The van der Waals surface area contributed by atoms with Crippen LogP contribution in [0.1, 0.15) is 18.5 Å². The standard InChI is InChI=1S/C18H20N6O4S/c1-13(14-4-6-15(7-5-14)23-12-20-11-21-23)22(3)17-9-8-16(29(27,28)19-2)10-18(17)24(25)26/h4-13,19H,1-3H3. The summed E-state index contributed by atoms with van der Waals surface area (Å²) in [7, 11) is -0.799. The van der Waals surface area contributed by atoms with Crippen molar-refractivity contribution in [1.29, 1.82) is 0 Å². The first kappa shape index (κ1) is 20.4. The summed E-state index contributed by atoms with van der Waals surface area (Å²) >= 11 is 0. The van der Waals surface area contributed by atoms with Gasteiger partial charge in [-0.1, -0.05) is 12.1 Å². The second-order valence-electron chi connectivity index (χ2n) is 6.33. The Labute approximate surface area is 168 Å². The van der Waals surface area contributed by atoms with Crippen LogP contribution in [0, 0.1) is 10.1 Å². The third-order valence-electron chi connectivity index (χ3n) is 4.74. The third-order valence-corrected chi connectivity index (χ3v) is 6.15. The molecule has 10 nitrogen and oxygen atoms in total. The second kappa shape index (κ2) is 7.97. The molecular weight excluding hydrogens is 396 g/mol. The van der Waals surface area contributed by atoms with E-state index in [1.54, 1.807) is 23.0 Å². The summed E-state index contributed by atoms with van der Waals surface area (Å²) in [5.74, 6) is 0. The van der Waals surface area contributed by atoms with Crippen LogP contribution in [-0.4, -0.2) is 42.2 Å². The van der Waals surface area contributed by atoms with Gasteiger partial charge >= 0.3 is 0 Å². The quantitative estimate of drug-likeness (QED) is 0.463. The molecule has 0 aliphatic heterocycles. The van der Waals surface area contributed by atoms with Crippen molar-refractivity contribution in [2.75, 3.05) is 19.0 Å². The lowest BCUT2D eigenvalue weighted by molar-refractivity contribution is -0.384. The Balaban J connectivity index is 1.92. The zero-order valence-corrected chi connectivity index (χ0v) is 16.9.